The van der Waals surface area contributed by atoms with Gasteiger partial charge in [-0.25, -0.2) is 0 Å². The summed E-state index contributed by atoms with van der Waals surface area (Å²) in [7, 11) is 0. The Hall–Kier alpha value is -0.910. The second kappa shape index (κ2) is 27.1. The van der Waals surface area contributed by atoms with Gasteiger partial charge in [0.2, 0.25) is 5.91 Å². The molecule has 0 aliphatic heterocycles. The van der Waals surface area contributed by atoms with E-state index in [2.05, 4.69) is 31.3 Å². The molecule has 0 aromatic carbocycles. The second-order valence-corrected chi connectivity index (χ2v) is 10.7. The summed E-state index contributed by atoms with van der Waals surface area (Å²) in [5.74, 6) is -0.160. The number of hydrogen-bond acceptors (Lipinski definition) is 4. The first-order chi connectivity index (χ1) is 17.6. The number of allylic oxidation sites excluding steroid dienone is 2. The molecule has 214 valence electrons. The number of nitrogens with one attached hydrogen (secondary N) is 1. The van der Waals surface area contributed by atoms with Crippen LogP contribution in [-0.4, -0.2) is 46.1 Å². The molecule has 0 saturated heterocycles. The highest BCUT2D eigenvalue weighted by molar-refractivity contribution is 5.76. The Morgan fingerprint density at radius 2 is 1.11 bits per heavy atom. The Morgan fingerprint density at radius 3 is 1.61 bits per heavy atom. The van der Waals surface area contributed by atoms with Crippen molar-refractivity contribution in [2.75, 3.05) is 6.61 Å². The van der Waals surface area contributed by atoms with Gasteiger partial charge in [0.1, 0.15) is 6.10 Å². The lowest BCUT2D eigenvalue weighted by molar-refractivity contribution is -0.124. The van der Waals surface area contributed by atoms with E-state index in [0.717, 1.165) is 38.5 Å². The maximum atomic E-state index is 12.2. The fourth-order valence-electron chi connectivity index (χ4n) is 4.63. The Morgan fingerprint density at radius 1 is 0.667 bits per heavy atom. The Bertz CT molecular complexity index is 497. The van der Waals surface area contributed by atoms with E-state index in [4.69, 9.17) is 0 Å². The summed E-state index contributed by atoms with van der Waals surface area (Å²) in [6.07, 6.45) is 27.3. The molecule has 3 unspecified atom stereocenters. The second-order valence-electron chi connectivity index (χ2n) is 10.7. The molecule has 0 saturated carbocycles. The maximum Gasteiger partial charge on any atom is 0.220 e. The van der Waals surface area contributed by atoms with E-state index < -0.39 is 18.2 Å². The zero-order valence-electron chi connectivity index (χ0n) is 23.9. The van der Waals surface area contributed by atoms with Gasteiger partial charge >= 0.3 is 0 Å². The minimum absolute atomic E-state index is 0.160. The first-order valence-electron chi connectivity index (χ1n) is 15.5. The van der Waals surface area contributed by atoms with E-state index in [1.54, 1.807) is 0 Å². The Labute approximate surface area is 223 Å². The molecule has 0 aliphatic carbocycles. The largest absolute Gasteiger partial charge is 0.394 e. The van der Waals surface area contributed by atoms with Crippen molar-refractivity contribution in [3.8, 4) is 0 Å². The van der Waals surface area contributed by atoms with Crippen LogP contribution in [0.4, 0.5) is 0 Å². The lowest BCUT2D eigenvalue weighted by Crippen LogP contribution is -2.50. The average Bonchev–Trinajstić information content (AvgIpc) is 2.88. The molecular weight excluding hydrogens is 450 g/mol. The summed E-state index contributed by atoms with van der Waals surface area (Å²) in [6.45, 7) is 4.10. The monoisotopic (exact) mass is 511 g/mol. The van der Waals surface area contributed by atoms with E-state index in [1.165, 1.54) is 89.9 Å². The molecule has 36 heavy (non-hydrogen) atoms. The topological polar surface area (TPSA) is 89.8 Å². The summed E-state index contributed by atoms with van der Waals surface area (Å²) in [5, 5.41) is 33.0. The van der Waals surface area contributed by atoms with Gasteiger partial charge in [-0.1, -0.05) is 122 Å². The molecule has 4 N–H and O–H groups in total. The van der Waals surface area contributed by atoms with Crippen molar-refractivity contribution < 1.29 is 20.1 Å². The molecule has 0 fully saturated rings. The Balaban J connectivity index is 3.81. The zero-order valence-corrected chi connectivity index (χ0v) is 23.9. The molecule has 0 radical (unpaired) electrons. The third kappa shape index (κ3) is 22.3. The molecule has 0 spiro atoms. The Kier molecular flexibility index (Phi) is 26.4. The number of carbonyl (C=O) groups excluding carboxylic acids is 1. The highest BCUT2D eigenvalue weighted by Gasteiger charge is 2.26. The van der Waals surface area contributed by atoms with Crippen LogP contribution in [0.3, 0.4) is 0 Å². The van der Waals surface area contributed by atoms with Crippen LogP contribution in [0.1, 0.15) is 155 Å². The van der Waals surface area contributed by atoms with E-state index in [9.17, 15) is 20.1 Å². The van der Waals surface area contributed by atoms with Crippen molar-refractivity contribution in [1.82, 2.24) is 5.32 Å². The number of unbranched alkanes of at least 4 members (excludes halogenated alkanes) is 17. The summed E-state index contributed by atoms with van der Waals surface area (Å²) in [5.41, 5.74) is 0. The fourth-order valence-corrected chi connectivity index (χ4v) is 4.63. The van der Waals surface area contributed by atoms with Gasteiger partial charge in [-0.2, -0.15) is 0 Å². The number of hydrogen-bond donors (Lipinski definition) is 4. The number of amides is 1. The van der Waals surface area contributed by atoms with Gasteiger partial charge in [0.15, 0.2) is 0 Å². The lowest BCUT2D eigenvalue weighted by atomic mass is 10.0. The zero-order chi connectivity index (χ0) is 26.7. The molecule has 1 amide bonds. The summed E-state index contributed by atoms with van der Waals surface area (Å²) in [4.78, 5) is 12.2. The van der Waals surface area contributed by atoms with Crippen LogP contribution in [0.5, 0.6) is 0 Å². The predicted octanol–water partition coefficient (Wildman–Crippen LogP) is 7.36. The van der Waals surface area contributed by atoms with Crippen LogP contribution in [0, 0.1) is 0 Å². The van der Waals surface area contributed by atoms with E-state index in [0.29, 0.717) is 12.8 Å². The van der Waals surface area contributed by atoms with Crippen molar-refractivity contribution in [3.63, 3.8) is 0 Å². The fraction of sp³-hybridized carbons (Fsp3) is 0.903. The summed E-state index contributed by atoms with van der Waals surface area (Å²) >= 11 is 0. The number of rotatable bonds is 27. The molecule has 0 rings (SSSR count). The van der Waals surface area contributed by atoms with E-state index in [-0.39, 0.29) is 12.5 Å². The number of aliphatic hydroxyl groups excluding tert-OH is 3. The molecule has 0 aliphatic rings. The van der Waals surface area contributed by atoms with Gasteiger partial charge in [-0.05, 0) is 38.5 Å². The van der Waals surface area contributed by atoms with Gasteiger partial charge in [-0.3, -0.25) is 4.79 Å². The molecule has 0 aromatic rings. The smallest absolute Gasteiger partial charge is 0.220 e. The van der Waals surface area contributed by atoms with Gasteiger partial charge in [0.05, 0.1) is 18.8 Å². The summed E-state index contributed by atoms with van der Waals surface area (Å²) < 4.78 is 0. The third-order valence-corrected chi connectivity index (χ3v) is 7.12. The molecule has 5 nitrogen and oxygen atoms in total. The lowest BCUT2D eigenvalue weighted by Gasteiger charge is -2.26. The standard InChI is InChI=1S/C31H61NO4/c1-3-5-7-9-11-13-14-15-16-18-19-21-23-25-29(34)31(36)28(27-33)32-30(35)26-24-22-20-17-12-10-8-6-4-2/h18-19,28-29,31,33-34,36H,3-17,20-27H2,1-2H3,(H,32,35)/b19-18+. The van der Waals surface area contributed by atoms with Crippen molar-refractivity contribution in [2.45, 2.75) is 173 Å². The van der Waals surface area contributed by atoms with Crippen LogP contribution in [-0.2, 0) is 4.79 Å². The van der Waals surface area contributed by atoms with Crippen LogP contribution in [0.15, 0.2) is 12.2 Å². The molecular formula is C31H61NO4. The molecule has 0 bridgehead atoms. The van der Waals surface area contributed by atoms with Crippen LogP contribution in [0.2, 0.25) is 0 Å². The summed E-state index contributed by atoms with van der Waals surface area (Å²) in [6, 6.07) is -0.816. The normalized spacial score (nSPS) is 14.2. The molecule has 5 heteroatoms. The highest BCUT2D eigenvalue weighted by Crippen LogP contribution is 2.13. The minimum Gasteiger partial charge on any atom is -0.394 e. The minimum atomic E-state index is -1.15. The van der Waals surface area contributed by atoms with Crippen molar-refractivity contribution >= 4 is 5.91 Å². The van der Waals surface area contributed by atoms with Crippen LogP contribution >= 0.6 is 0 Å². The van der Waals surface area contributed by atoms with Gasteiger partial charge < -0.3 is 20.6 Å². The SMILES string of the molecule is CCCCCCCCCC/C=C/CCCC(O)C(O)C(CO)NC(=O)CCCCCCCCCCC. The molecule has 0 heterocycles. The maximum absolute atomic E-state index is 12.2. The van der Waals surface area contributed by atoms with Crippen molar-refractivity contribution in [2.24, 2.45) is 0 Å². The average molecular weight is 512 g/mol. The first kappa shape index (κ1) is 35.1. The van der Waals surface area contributed by atoms with Crippen LogP contribution in [0.25, 0.3) is 0 Å². The van der Waals surface area contributed by atoms with Gasteiger partial charge in [0.25, 0.3) is 0 Å². The van der Waals surface area contributed by atoms with Gasteiger partial charge in [-0.15, -0.1) is 0 Å². The van der Waals surface area contributed by atoms with Crippen molar-refractivity contribution in [1.29, 1.82) is 0 Å². The molecule has 3 atom stereocenters. The van der Waals surface area contributed by atoms with E-state index >= 15 is 0 Å². The predicted molar refractivity (Wildman–Crippen MR) is 153 cm³/mol. The first-order valence-corrected chi connectivity index (χ1v) is 15.5. The van der Waals surface area contributed by atoms with Gasteiger partial charge in [0, 0.05) is 6.42 Å². The number of carbonyl (C=O) groups is 1. The quantitative estimate of drug-likeness (QED) is 0.0685. The molecule has 0 aromatic heterocycles. The highest BCUT2D eigenvalue weighted by atomic mass is 16.3. The van der Waals surface area contributed by atoms with Crippen molar-refractivity contribution in [3.05, 3.63) is 12.2 Å². The number of aliphatic hydroxyl groups is 3. The third-order valence-electron chi connectivity index (χ3n) is 7.12. The van der Waals surface area contributed by atoms with E-state index in [1.807, 2.05) is 0 Å². The van der Waals surface area contributed by atoms with Crippen LogP contribution < -0.4 is 5.32 Å².